The quantitative estimate of drug-likeness (QED) is 0.119. The molecule has 0 spiro atoms. The average Bonchev–Trinajstić information content (AvgIpc) is 3.60. The van der Waals surface area contributed by atoms with Crippen LogP contribution in [-0.4, -0.2) is 0 Å². The zero-order valence-corrected chi connectivity index (χ0v) is 30.9. The number of rotatable bonds is 0. The Kier molecular flexibility index (Phi) is 7.10. The van der Waals surface area contributed by atoms with Gasteiger partial charge in [0.1, 0.15) is 0 Å². The summed E-state index contributed by atoms with van der Waals surface area (Å²) in [6.45, 7) is 20.2. The van der Waals surface area contributed by atoms with Crippen LogP contribution in [0, 0.1) is 55.4 Å². The van der Waals surface area contributed by atoms with Crippen LogP contribution in [-0.2, 0) is 0 Å². The highest BCUT2D eigenvalue weighted by Crippen LogP contribution is 2.62. The second-order valence-electron chi connectivity index (χ2n) is 17.1. The minimum absolute atomic E-state index is 0.697. The highest BCUT2D eigenvalue weighted by atomic mass is 14.5. The molecule has 0 saturated heterocycles. The molecular formula is C47H58. The lowest BCUT2D eigenvalue weighted by atomic mass is 9.76. The molecule has 0 radical (unpaired) electrons. The third kappa shape index (κ3) is 3.88. The van der Waals surface area contributed by atoms with E-state index in [-0.39, 0.29) is 0 Å². The Morgan fingerprint density at radius 2 is 0.447 bits per heavy atom. The van der Waals surface area contributed by atoms with Gasteiger partial charge in [0, 0.05) is 0 Å². The van der Waals surface area contributed by atoms with Crippen LogP contribution in [0.3, 0.4) is 0 Å². The van der Waals surface area contributed by atoms with E-state index in [2.05, 4.69) is 55.4 Å². The van der Waals surface area contributed by atoms with E-state index in [0.717, 1.165) is 0 Å². The fraction of sp³-hybridized carbons (Fsp3) is 0.574. The van der Waals surface area contributed by atoms with Gasteiger partial charge in [0.05, 0.1) is 0 Å². The summed E-state index contributed by atoms with van der Waals surface area (Å²) in [6, 6.07) is 0. The van der Waals surface area contributed by atoms with Gasteiger partial charge < -0.3 is 0 Å². The van der Waals surface area contributed by atoms with Gasteiger partial charge in [0.25, 0.3) is 0 Å². The molecular weight excluding hydrogens is 565 g/mol. The number of hydrogen-bond donors (Lipinski definition) is 0. The van der Waals surface area contributed by atoms with Crippen molar-refractivity contribution in [2.24, 2.45) is 0 Å². The Labute approximate surface area is 284 Å². The molecule has 4 atom stereocenters. The van der Waals surface area contributed by atoms with Gasteiger partial charge in [-0.1, -0.05) is 70.6 Å². The molecule has 246 valence electrons. The molecule has 4 aliphatic rings. The smallest absolute Gasteiger partial charge is 0.00147 e. The number of benzene rings is 5. The van der Waals surface area contributed by atoms with Crippen LogP contribution in [0.15, 0.2) is 0 Å². The zero-order valence-electron chi connectivity index (χ0n) is 30.9. The minimum atomic E-state index is 0.697. The van der Waals surface area contributed by atoms with Crippen molar-refractivity contribution in [2.75, 3.05) is 0 Å². The first kappa shape index (κ1) is 30.5. The van der Waals surface area contributed by atoms with Gasteiger partial charge in [0.2, 0.25) is 0 Å². The van der Waals surface area contributed by atoms with Gasteiger partial charge in [-0.2, -0.15) is 0 Å². The Morgan fingerprint density at radius 1 is 0.234 bits per heavy atom. The van der Waals surface area contributed by atoms with Gasteiger partial charge in [0.15, 0.2) is 0 Å². The molecule has 0 bridgehead atoms. The van der Waals surface area contributed by atoms with E-state index in [0.29, 0.717) is 23.7 Å². The van der Waals surface area contributed by atoms with Gasteiger partial charge in [-0.3, -0.25) is 0 Å². The molecule has 0 nitrogen and oxygen atoms in total. The molecule has 4 unspecified atom stereocenters. The van der Waals surface area contributed by atoms with Crippen LogP contribution < -0.4 is 0 Å². The van der Waals surface area contributed by atoms with Crippen LogP contribution in [0.4, 0.5) is 0 Å². The zero-order chi connectivity index (χ0) is 32.5. The van der Waals surface area contributed by atoms with Crippen LogP contribution in [0.2, 0.25) is 0 Å². The molecule has 0 N–H and O–H groups in total. The number of hydrogen-bond acceptors (Lipinski definition) is 0. The summed E-state index contributed by atoms with van der Waals surface area (Å²) in [6.07, 6.45) is 21.1. The third-order valence-corrected chi connectivity index (χ3v) is 15.2. The van der Waals surface area contributed by atoms with Gasteiger partial charge in [-0.05, 0) is 215 Å². The number of aryl methyl sites for hydroxylation is 4. The minimum Gasteiger partial charge on any atom is -0.0533 e. The maximum Gasteiger partial charge on any atom is -0.00147 e. The maximum atomic E-state index is 2.53. The largest absolute Gasteiger partial charge is 0.0533 e. The Hall–Kier alpha value is -2.60. The summed E-state index contributed by atoms with van der Waals surface area (Å²) in [5.74, 6) is 2.80. The van der Waals surface area contributed by atoms with Gasteiger partial charge in [-0.15, -0.1) is 0 Å². The summed E-state index contributed by atoms with van der Waals surface area (Å²) < 4.78 is 0. The second kappa shape index (κ2) is 11.0. The van der Waals surface area contributed by atoms with Crippen molar-refractivity contribution in [3.8, 4) is 0 Å². The summed E-state index contributed by atoms with van der Waals surface area (Å²) in [5, 5.41) is 13.2. The molecule has 0 aliphatic heterocycles. The lowest BCUT2D eigenvalue weighted by molar-refractivity contribution is 0.426. The van der Waals surface area contributed by atoms with E-state index in [9.17, 15) is 0 Å². The van der Waals surface area contributed by atoms with E-state index in [1.54, 1.807) is 110 Å². The summed E-state index contributed by atoms with van der Waals surface area (Å²) in [7, 11) is 0. The SMILES string of the molecule is Cc1c2c3c(c(C)c(C)c4c5c(C)c(C)c6c7c(c(C)c(C)c(c(c1C)c34)c75)C1CCCCCCCC61)C1CCCCCCCCC21. The third-order valence-electron chi connectivity index (χ3n) is 15.2. The van der Waals surface area contributed by atoms with Gasteiger partial charge in [-0.25, -0.2) is 0 Å². The van der Waals surface area contributed by atoms with E-state index in [4.69, 9.17) is 0 Å². The molecule has 0 heterocycles. The van der Waals surface area contributed by atoms with Gasteiger partial charge >= 0.3 is 0 Å². The maximum absolute atomic E-state index is 2.53. The first-order valence-electron chi connectivity index (χ1n) is 20.0. The highest BCUT2D eigenvalue weighted by molar-refractivity contribution is 6.38. The molecule has 4 aliphatic carbocycles. The lowest BCUT2D eigenvalue weighted by Crippen LogP contribution is -2.09. The van der Waals surface area contributed by atoms with Crippen LogP contribution in [0.25, 0.3) is 43.1 Å². The molecule has 2 saturated carbocycles. The second-order valence-corrected chi connectivity index (χ2v) is 17.1. The Balaban J connectivity index is 1.49. The first-order valence-corrected chi connectivity index (χ1v) is 20.0. The van der Waals surface area contributed by atoms with Crippen LogP contribution >= 0.6 is 0 Å². The molecule has 0 heteroatoms. The van der Waals surface area contributed by atoms with Crippen molar-refractivity contribution >= 4 is 43.1 Å². The molecule has 0 aromatic heterocycles. The standard InChI is InChI=1S/C47H58/c1-24-28(5)40-42-30(7)26(3)38-34-22-18-14-11-15-19-23-35(34)39-27(4)31(8)43(47(42)45(38)39)41-29(6)25(2)37-33-21-17-13-10-9-12-16-20-32(33)36(24)44(37)46(40)41/h32-35H,9-23H2,1-8H3. The lowest BCUT2D eigenvalue weighted by Gasteiger charge is -2.27. The topological polar surface area (TPSA) is 0 Å². The molecule has 5 aromatic carbocycles. The average molecular weight is 623 g/mol. The summed E-state index contributed by atoms with van der Waals surface area (Å²) >= 11 is 0. The van der Waals surface area contributed by atoms with Crippen LogP contribution in [0.1, 0.15) is 187 Å². The predicted molar refractivity (Wildman–Crippen MR) is 206 cm³/mol. The Bertz CT molecular complexity index is 1980. The van der Waals surface area contributed by atoms with E-state index in [1.807, 2.05) is 0 Å². The molecule has 9 rings (SSSR count). The molecule has 5 aromatic rings. The van der Waals surface area contributed by atoms with E-state index >= 15 is 0 Å². The predicted octanol–water partition coefficient (Wildman–Crippen LogP) is 14.4. The van der Waals surface area contributed by atoms with E-state index < -0.39 is 0 Å². The van der Waals surface area contributed by atoms with E-state index in [1.165, 1.54) is 96.3 Å². The van der Waals surface area contributed by atoms with Crippen molar-refractivity contribution < 1.29 is 0 Å². The monoisotopic (exact) mass is 622 g/mol. The first-order chi connectivity index (χ1) is 22.8. The Morgan fingerprint density at radius 3 is 0.681 bits per heavy atom. The van der Waals surface area contributed by atoms with Crippen molar-refractivity contribution in [1.29, 1.82) is 0 Å². The normalized spacial score (nSPS) is 25.0. The molecule has 0 amide bonds. The highest BCUT2D eigenvalue weighted by Gasteiger charge is 2.42. The van der Waals surface area contributed by atoms with Crippen molar-refractivity contribution in [3.63, 3.8) is 0 Å². The summed E-state index contributed by atoms with van der Waals surface area (Å²) in [5.41, 5.74) is 19.9. The fourth-order valence-electron chi connectivity index (χ4n) is 12.6. The van der Waals surface area contributed by atoms with Crippen molar-refractivity contribution in [1.82, 2.24) is 0 Å². The van der Waals surface area contributed by atoms with Crippen LogP contribution in [0.5, 0.6) is 0 Å². The number of fused-ring (bicyclic) bond motifs is 8. The van der Waals surface area contributed by atoms with Crippen molar-refractivity contribution in [3.05, 3.63) is 66.8 Å². The van der Waals surface area contributed by atoms with Crippen molar-refractivity contribution in [2.45, 2.75) is 175 Å². The fourth-order valence-corrected chi connectivity index (χ4v) is 12.6. The molecule has 2 fully saturated rings. The molecule has 47 heavy (non-hydrogen) atoms. The summed E-state index contributed by atoms with van der Waals surface area (Å²) in [4.78, 5) is 0.